The summed E-state index contributed by atoms with van der Waals surface area (Å²) in [6, 6.07) is 0.438. The molecule has 6 nitrogen and oxygen atoms in total. The van der Waals surface area contributed by atoms with Crippen LogP contribution in [0.15, 0.2) is 0 Å². The maximum Gasteiger partial charge on any atom is 0.224 e. The Hall–Kier alpha value is -1.14. The van der Waals surface area contributed by atoms with Gasteiger partial charge in [-0.2, -0.15) is 0 Å². The Bertz CT molecular complexity index is 452. The number of hydrogen-bond donors (Lipinski definition) is 2. The summed E-state index contributed by atoms with van der Waals surface area (Å²) < 4.78 is 5.77. The molecule has 1 aliphatic rings. The fourth-order valence-electron chi connectivity index (χ4n) is 3.37. The van der Waals surface area contributed by atoms with Crippen LogP contribution in [0.5, 0.6) is 0 Å². The summed E-state index contributed by atoms with van der Waals surface area (Å²) in [5.74, 6) is 0.853. The Morgan fingerprint density at radius 1 is 1.11 bits per heavy atom. The van der Waals surface area contributed by atoms with Crippen molar-refractivity contribution in [3.05, 3.63) is 0 Å². The van der Waals surface area contributed by atoms with Crippen LogP contribution in [-0.2, 0) is 14.3 Å². The summed E-state index contributed by atoms with van der Waals surface area (Å²) >= 11 is 0. The van der Waals surface area contributed by atoms with E-state index in [1.54, 1.807) is 0 Å². The molecule has 27 heavy (non-hydrogen) atoms. The second-order valence-electron chi connectivity index (χ2n) is 8.73. The Labute approximate surface area is 165 Å². The number of carbonyl (C=O) groups is 2. The number of hydrogen-bond acceptors (Lipinski definition) is 4. The van der Waals surface area contributed by atoms with Crippen LogP contribution in [0.3, 0.4) is 0 Å². The number of amides is 2. The van der Waals surface area contributed by atoms with Gasteiger partial charge in [-0.15, -0.1) is 0 Å². The van der Waals surface area contributed by atoms with Crippen molar-refractivity contribution in [2.75, 3.05) is 19.7 Å². The molecule has 1 saturated heterocycles. The molecule has 2 atom stereocenters. The van der Waals surface area contributed by atoms with Crippen LogP contribution >= 0.6 is 0 Å². The van der Waals surface area contributed by atoms with E-state index in [4.69, 9.17) is 4.74 Å². The number of nitrogens with one attached hydrogen (secondary N) is 2. The minimum Gasteiger partial charge on any atom is -0.377 e. The van der Waals surface area contributed by atoms with Crippen molar-refractivity contribution in [3.63, 3.8) is 0 Å². The Morgan fingerprint density at radius 2 is 1.81 bits per heavy atom. The van der Waals surface area contributed by atoms with E-state index in [2.05, 4.69) is 38.3 Å². The first-order chi connectivity index (χ1) is 12.7. The van der Waals surface area contributed by atoms with Crippen molar-refractivity contribution in [3.8, 4) is 0 Å². The van der Waals surface area contributed by atoms with E-state index in [1.807, 2.05) is 18.7 Å². The van der Waals surface area contributed by atoms with Gasteiger partial charge in [0, 0.05) is 38.0 Å². The minimum atomic E-state index is 0.0271. The largest absolute Gasteiger partial charge is 0.377 e. The molecule has 1 rings (SSSR count). The standard InChI is InChI=1S/C21H41N3O3/c1-15(2)8-7-9-20(25)23-18-12-19(14-27-17(5)6)24(13-18)21(26)10-11-22-16(3)4/h15-19,22H,7-14H2,1-6H3,(H,23,25). The van der Waals surface area contributed by atoms with Crippen molar-refractivity contribution >= 4 is 11.8 Å². The number of nitrogens with zero attached hydrogens (tertiary/aromatic N) is 1. The average Bonchev–Trinajstić information content (AvgIpc) is 2.94. The van der Waals surface area contributed by atoms with Crippen molar-refractivity contribution < 1.29 is 14.3 Å². The van der Waals surface area contributed by atoms with Gasteiger partial charge in [0.2, 0.25) is 11.8 Å². The Morgan fingerprint density at radius 3 is 2.41 bits per heavy atom. The van der Waals surface area contributed by atoms with E-state index in [-0.39, 0.29) is 30.0 Å². The highest BCUT2D eigenvalue weighted by Gasteiger charge is 2.35. The predicted molar refractivity (Wildman–Crippen MR) is 110 cm³/mol. The average molecular weight is 384 g/mol. The van der Waals surface area contributed by atoms with Crippen molar-refractivity contribution in [2.45, 2.75) is 97.9 Å². The van der Waals surface area contributed by atoms with Crippen LogP contribution in [0.1, 0.15) is 73.6 Å². The van der Waals surface area contributed by atoms with Crippen LogP contribution < -0.4 is 10.6 Å². The van der Waals surface area contributed by atoms with Crippen LogP contribution in [0.2, 0.25) is 0 Å². The molecule has 158 valence electrons. The van der Waals surface area contributed by atoms with Crippen LogP contribution in [-0.4, -0.2) is 60.6 Å². The molecule has 0 aromatic carbocycles. The summed E-state index contributed by atoms with van der Waals surface area (Å²) in [4.78, 5) is 26.8. The molecule has 0 bridgehead atoms. The van der Waals surface area contributed by atoms with E-state index >= 15 is 0 Å². The zero-order valence-corrected chi connectivity index (χ0v) is 18.2. The van der Waals surface area contributed by atoms with Gasteiger partial charge in [-0.1, -0.05) is 34.1 Å². The van der Waals surface area contributed by atoms with Crippen molar-refractivity contribution in [2.24, 2.45) is 5.92 Å². The summed E-state index contributed by atoms with van der Waals surface area (Å²) in [5.41, 5.74) is 0. The maximum absolute atomic E-state index is 12.7. The molecule has 0 saturated carbocycles. The number of carbonyl (C=O) groups excluding carboxylic acids is 2. The third kappa shape index (κ3) is 10.1. The smallest absolute Gasteiger partial charge is 0.224 e. The zero-order valence-electron chi connectivity index (χ0n) is 18.2. The summed E-state index contributed by atoms with van der Waals surface area (Å²) in [5, 5.41) is 6.42. The minimum absolute atomic E-state index is 0.0271. The highest BCUT2D eigenvalue weighted by atomic mass is 16.5. The van der Waals surface area contributed by atoms with Crippen LogP contribution in [0.4, 0.5) is 0 Å². The second kappa shape index (κ2) is 12.3. The van der Waals surface area contributed by atoms with E-state index in [1.165, 1.54) is 0 Å². The predicted octanol–water partition coefficient (Wildman–Crippen LogP) is 2.71. The summed E-state index contributed by atoms with van der Waals surface area (Å²) in [7, 11) is 0. The molecule has 0 aromatic heterocycles. The highest BCUT2D eigenvalue weighted by molar-refractivity contribution is 5.78. The van der Waals surface area contributed by atoms with Gasteiger partial charge in [0.05, 0.1) is 18.8 Å². The van der Waals surface area contributed by atoms with Gasteiger partial charge in [-0.25, -0.2) is 0 Å². The van der Waals surface area contributed by atoms with E-state index in [0.29, 0.717) is 44.5 Å². The molecule has 0 radical (unpaired) electrons. The van der Waals surface area contributed by atoms with E-state index in [9.17, 15) is 9.59 Å². The fourth-order valence-corrected chi connectivity index (χ4v) is 3.37. The number of ether oxygens (including phenoxy) is 1. The SMILES string of the molecule is CC(C)CCCC(=O)NC1CC(COC(C)C)N(C(=O)CCNC(C)C)C1. The van der Waals surface area contributed by atoms with Crippen LogP contribution in [0, 0.1) is 5.92 Å². The quantitative estimate of drug-likeness (QED) is 0.544. The Kier molecular flexibility index (Phi) is 10.9. The van der Waals surface area contributed by atoms with Crippen molar-refractivity contribution in [1.29, 1.82) is 0 Å². The first-order valence-electron chi connectivity index (χ1n) is 10.6. The van der Waals surface area contributed by atoms with Gasteiger partial charge in [-0.05, 0) is 32.6 Å². The molecule has 2 N–H and O–H groups in total. The van der Waals surface area contributed by atoms with Gasteiger partial charge in [0.1, 0.15) is 0 Å². The summed E-state index contributed by atoms with van der Waals surface area (Å²) in [6.45, 7) is 14.3. The highest BCUT2D eigenvalue weighted by Crippen LogP contribution is 2.20. The molecule has 2 unspecified atom stereocenters. The van der Waals surface area contributed by atoms with E-state index < -0.39 is 0 Å². The lowest BCUT2D eigenvalue weighted by molar-refractivity contribution is -0.133. The molecule has 0 aromatic rings. The topological polar surface area (TPSA) is 70.7 Å². The van der Waals surface area contributed by atoms with Gasteiger partial charge in [0.25, 0.3) is 0 Å². The van der Waals surface area contributed by atoms with Gasteiger partial charge < -0.3 is 20.3 Å². The molecule has 1 aliphatic heterocycles. The van der Waals surface area contributed by atoms with Gasteiger partial charge in [-0.3, -0.25) is 9.59 Å². The monoisotopic (exact) mass is 383 g/mol. The molecule has 1 heterocycles. The molecular weight excluding hydrogens is 342 g/mol. The molecule has 0 spiro atoms. The van der Waals surface area contributed by atoms with Crippen molar-refractivity contribution in [1.82, 2.24) is 15.5 Å². The third-order valence-corrected chi connectivity index (χ3v) is 4.80. The maximum atomic E-state index is 12.7. The number of rotatable bonds is 12. The van der Waals surface area contributed by atoms with Gasteiger partial charge in [0.15, 0.2) is 0 Å². The lowest BCUT2D eigenvalue weighted by Gasteiger charge is -2.25. The molecule has 2 amide bonds. The van der Waals surface area contributed by atoms with Crippen LogP contribution in [0.25, 0.3) is 0 Å². The molecular formula is C21H41N3O3. The third-order valence-electron chi connectivity index (χ3n) is 4.80. The Balaban J connectivity index is 2.54. The van der Waals surface area contributed by atoms with Gasteiger partial charge >= 0.3 is 0 Å². The number of likely N-dealkylation sites (tertiary alicyclic amines) is 1. The molecule has 0 aliphatic carbocycles. The lowest BCUT2D eigenvalue weighted by Crippen LogP contribution is -2.41. The van der Waals surface area contributed by atoms with E-state index in [0.717, 1.165) is 19.3 Å². The molecule has 1 fully saturated rings. The normalized spacial score (nSPS) is 20.1. The molecule has 6 heteroatoms. The fraction of sp³-hybridized carbons (Fsp3) is 0.905. The first-order valence-corrected chi connectivity index (χ1v) is 10.6. The lowest BCUT2D eigenvalue weighted by atomic mass is 10.1. The first kappa shape index (κ1) is 23.9. The summed E-state index contributed by atoms with van der Waals surface area (Å²) in [6.07, 6.45) is 3.93. The zero-order chi connectivity index (χ0) is 20.4. The second-order valence-corrected chi connectivity index (χ2v) is 8.73.